The molecule has 0 aliphatic heterocycles. The topological polar surface area (TPSA) is 24.1 Å². The minimum Gasteiger partial charge on any atom is -0.301 e. The van der Waals surface area contributed by atoms with Gasteiger partial charge in [-0.15, -0.1) is 0 Å². The summed E-state index contributed by atoms with van der Waals surface area (Å²) in [5.41, 5.74) is 8.22. The zero-order valence-electron chi connectivity index (χ0n) is 8.98. The van der Waals surface area contributed by atoms with Gasteiger partial charge >= 0.3 is 0 Å². The predicted octanol–water partition coefficient (Wildman–Crippen LogP) is 6.18. The lowest BCUT2D eigenvalue weighted by Gasteiger charge is -2.11. The fourth-order valence-corrected chi connectivity index (χ4v) is 3.98. The van der Waals surface area contributed by atoms with Gasteiger partial charge in [0.1, 0.15) is 0 Å². The van der Waals surface area contributed by atoms with Crippen molar-refractivity contribution in [3.63, 3.8) is 0 Å². The van der Waals surface area contributed by atoms with Crippen molar-refractivity contribution in [1.29, 1.82) is 0 Å². The highest BCUT2D eigenvalue weighted by Gasteiger charge is 1.99. The van der Waals surface area contributed by atoms with Gasteiger partial charge in [-0.25, -0.2) is 0 Å². The fourth-order valence-electron chi connectivity index (χ4n) is 1.40. The van der Waals surface area contributed by atoms with Gasteiger partial charge < -0.3 is 10.9 Å². The van der Waals surface area contributed by atoms with E-state index < -0.39 is 0 Å². The molecule has 2 N–H and O–H groups in total. The zero-order chi connectivity index (χ0) is 13.1. The lowest BCUT2D eigenvalue weighted by Crippen LogP contribution is -2.08. The molecule has 94 valence electrons. The molecule has 6 heteroatoms. The van der Waals surface area contributed by atoms with Crippen LogP contribution in [0.5, 0.6) is 0 Å². The van der Waals surface area contributed by atoms with Gasteiger partial charge in [-0.1, -0.05) is 63.7 Å². The summed E-state index contributed by atoms with van der Waals surface area (Å²) in [6.45, 7) is 0. The maximum absolute atomic E-state index is 3.45. The molecule has 0 saturated heterocycles. The van der Waals surface area contributed by atoms with Crippen LogP contribution in [0, 0.1) is 0 Å². The number of halogens is 4. The van der Waals surface area contributed by atoms with Crippen molar-refractivity contribution in [2.75, 3.05) is 10.9 Å². The predicted molar refractivity (Wildman–Crippen MR) is 90.9 cm³/mol. The van der Waals surface area contributed by atoms with E-state index in [4.69, 9.17) is 0 Å². The van der Waals surface area contributed by atoms with E-state index in [0.29, 0.717) is 0 Å². The van der Waals surface area contributed by atoms with Crippen LogP contribution in [0.3, 0.4) is 0 Å². The number of benzene rings is 2. The van der Waals surface area contributed by atoms with Crippen molar-refractivity contribution in [2.24, 2.45) is 0 Å². The van der Waals surface area contributed by atoms with Gasteiger partial charge in [0.25, 0.3) is 0 Å². The maximum Gasteiger partial charge on any atom is 0.0562 e. The summed E-state index contributed by atoms with van der Waals surface area (Å²) in [5.74, 6) is 0. The molecular formula is C12H8Br4N2. The van der Waals surface area contributed by atoms with Gasteiger partial charge in [0.05, 0.1) is 11.4 Å². The van der Waals surface area contributed by atoms with Crippen LogP contribution in [0.4, 0.5) is 11.4 Å². The first-order valence-corrected chi connectivity index (χ1v) is 8.14. The van der Waals surface area contributed by atoms with Gasteiger partial charge in [-0.3, -0.25) is 0 Å². The highest BCUT2D eigenvalue weighted by atomic mass is 79.9. The zero-order valence-corrected chi connectivity index (χ0v) is 15.3. The summed E-state index contributed by atoms with van der Waals surface area (Å²) in [7, 11) is 0. The second-order valence-corrected chi connectivity index (χ2v) is 7.23. The minimum absolute atomic E-state index is 0.965. The molecular weight excluding hydrogens is 492 g/mol. The summed E-state index contributed by atoms with van der Waals surface area (Å²) in [5, 5.41) is 0. The third kappa shape index (κ3) is 4.26. The van der Waals surface area contributed by atoms with E-state index in [0.717, 1.165) is 29.3 Å². The van der Waals surface area contributed by atoms with E-state index in [1.807, 2.05) is 36.4 Å². The molecule has 18 heavy (non-hydrogen) atoms. The van der Waals surface area contributed by atoms with E-state index in [2.05, 4.69) is 74.6 Å². The molecule has 2 aromatic carbocycles. The number of hydrogen-bond donors (Lipinski definition) is 2. The summed E-state index contributed by atoms with van der Waals surface area (Å²) in [6.07, 6.45) is 0. The Morgan fingerprint density at radius 2 is 0.778 bits per heavy atom. The van der Waals surface area contributed by atoms with Crippen LogP contribution in [0.25, 0.3) is 0 Å². The van der Waals surface area contributed by atoms with Crippen LogP contribution >= 0.6 is 63.7 Å². The number of nitrogens with one attached hydrogen (secondary N) is 2. The molecule has 0 bridgehead atoms. The van der Waals surface area contributed by atoms with Crippen molar-refractivity contribution in [1.82, 2.24) is 0 Å². The highest BCUT2D eigenvalue weighted by Crippen LogP contribution is 2.25. The van der Waals surface area contributed by atoms with Crippen LogP contribution in [0.15, 0.2) is 54.3 Å². The van der Waals surface area contributed by atoms with E-state index in [9.17, 15) is 0 Å². The summed E-state index contributed by atoms with van der Waals surface area (Å²) < 4.78 is 4.04. The molecule has 2 nitrogen and oxygen atoms in total. The molecule has 0 aliphatic rings. The van der Waals surface area contributed by atoms with E-state index >= 15 is 0 Å². The molecule has 2 rings (SSSR count). The largest absolute Gasteiger partial charge is 0.301 e. The van der Waals surface area contributed by atoms with Crippen molar-refractivity contribution in [3.8, 4) is 0 Å². The second kappa shape index (κ2) is 6.41. The van der Waals surface area contributed by atoms with Crippen molar-refractivity contribution in [3.05, 3.63) is 54.3 Å². The summed E-state index contributed by atoms with van der Waals surface area (Å²) in [6, 6.07) is 11.9. The van der Waals surface area contributed by atoms with Gasteiger partial charge in [-0.2, -0.15) is 0 Å². The first-order chi connectivity index (χ1) is 8.52. The molecule has 0 aromatic heterocycles. The molecule has 0 radical (unpaired) electrons. The van der Waals surface area contributed by atoms with Gasteiger partial charge in [0.2, 0.25) is 0 Å². The van der Waals surface area contributed by atoms with Crippen molar-refractivity contribution in [2.45, 2.75) is 0 Å². The molecule has 2 aromatic rings. The molecule has 0 spiro atoms. The lowest BCUT2D eigenvalue weighted by molar-refractivity contribution is 1.39. The van der Waals surface area contributed by atoms with E-state index in [1.165, 1.54) is 0 Å². The van der Waals surface area contributed by atoms with Gasteiger partial charge in [-0.05, 0) is 36.4 Å². The average Bonchev–Trinajstić information content (AvgIpc) is 2.23. The Hall–Kier alpha value is -0.0400. The molecule has 0 amide bonds. The number of hydrazine groups is 1. The Balaban J connectivity index is 2.11. The molecule has 0 saturated carbocycles. The third-order valence-corrected chi connectivity index (χ3v) is 3.91. The van der Waals surface area contributed by atoms with Crippen LogP contribution in [-0.2, 0) is 0 Å². The Labute approximate surface area is 139 Å². The number of hydrogen-bond acceptors (Lipinski definition) is 2. The average molecular weight is 500 g/mol. The third-order valence-electron chi connectivity index (χ3n) is 2.08. The standard InChI is InChI=1S/C12H8Br4N2/c13-7-1-8(14)4-11(3-7)17-18-12-5-9(15)2-10(16)6-12/h1-6,17-18H. The van der Waals surface area contributed by atoms with Crippen LogP contribution in [-0.4, -0.2) is 0 Å². The first-order valence-electron chi connectivity index (χ1n) is 4.97. The fraction of sp³-hybridized carbons (Fsp3) is 0. The molecule has 0 aliphatic carbocycles. The molecule has 0 fully saturated rings. The second-order valence-electron chi connectivity index (χ2n) is 3.57. The molecule has 0 unspecified atom stereocenters. The number of anilines is 2. The maximum atomic E-state index is 3.45. The Morgan fingerprint density at radius 3 is 1.06 bits per heavy atom. The number of rotatable bonds is 3. The van der Waals surface area contributed by atoms with Crippen LogP contribution in [0.1, 0.15) is 0 Å². The quantitative estimate of drug-likeness (QED) is 0.493. The smallest absolute Gasteiger partial charge is 0.0562 e. The SMILES string of the molecule is Brc1cc(Br)cc(NNc2cc(Br)cc(Br)c2)c1. The van der Waals surface area contributed by atoms with Crippen molar-refractivity contribution >= 4 is 75.1 Å². The van der Waals surface area contributed by atoms with Crippen molar-refractivity contribution < 1.29 is 0 Å². The first kappa shape index (κ1) is 14.4. The minimum atomic E-state index is 0.965. The van der Waals surface area contributed by atoms with Gasteiger partial charge in [0, 0.05) is 17.9 Å². The van der Waals surface area contributed by atoms with Crippen LogP contribution in [0.2, 0.25) is 0 Å². The van der Waals surface area contributed by atoms with Gasteiger partial charge in [0.15, 0.2) is 0 Å². The highest BCUT2D eigenvalue weighted by molar-refractivity contribution is 9.11. The Kier molecular flexibility index (Phi) is 5.12. The van der Waals surface area contributed by atoms with E-state index in [-0.39, 0.29) is 0 Å². The summed E-state index contributed by atoms with van der Waals surface area (Å²) >= 11 is 13.8. The van der Waals surface area contributed by atoms with Crippen LogP contribution < -0.4 is 10.9 Å². The monoisotopic (exact) mass is 496 g/mol. The Bertz CT molecular complexity index is 480. The normalized spacial score (nSPS) is 10.2. The molecule has 0 heterocycles. The van der Waals surface area contributed by atoms with E-state index in [1.54, 1.807) is 0 Å². The lowest BCUT2D eigenvalue weighted by atomic mass is 10.3. The molecule has 0 atom stereocenters. The Morgan fingerprint density at radius 1 is 0.500 bits per heavy atom. The summed E-state index contributed by atoms with van der Waals surface area (Å²) in [4.78, 5) is 0.